The highest BCUT2D eigenvalue weighted by Gasteiger charge is 2.36. The number of nitrogens with one attached hydrogen (secondary N) is 1. The first kappa shape index (κ1) is 20.9. The Morgan fingerprint density at radius 2 is 2.10 bits per heavy atom. The fraction of sp³-hybridized carbons (Fsp3) is 0.478. The lowest BCUT2D eigenvalue weighted by Crippen LogP contribution is -2.50. The molecule has 8 heteroatoms. The number of nitrogens with two attached hydrogens (primary N) is 1. The van der Waals surface area contributed by atoms with Crippen LogP contribution in [0.3, 0.4) is 0 Å². The third kappa shape index (κ3) is 4.12. The monoisotopic (exact) mass is 419 g/mol. The molecule has 2 atom stereocenters. The zero-order chi connectivity index (χ0) is 22.0. The van der Waals surface area contributed by atoms with Gasteiger partial charge in [-0.25, -0.2) is 4.98 Å². The highest BCUT2D eigenvalue weighted by molar-refractivity contribution is 5.96. The molecule has 0 spiro atoms. The zero-order valence-electron chi connectivity index (χ0n) is 17.2. The molecule has 8 nitrogen and oxygen atoms in total. The van der Waals surface area contributed by atoms with Gasteiger partial charge in [0.1, 0.15) is 18.0 Å². The number of carbonyl (C=O) groups excluding carboxylic acids is 2. The van der Waals surface area contributed by atoms with Crippen LogP contribution in [0.25, 0.3) is 11.0 Å². The van der Waals surface area contributed by atoms with Crippen molar-refractivity contribution in [2.75, 3.05) is 6.54 Å². The number of fused-ring (bicyclic) bond motifs is 1. The molecule has 1 aliphatic carbocycles. The predicted octanol–water partition coefficient (Wildman–Crippen LogP) is 1.94. The van der Waals surface area contributed by atoms with Crippen molar-refractivity contribution in [2.45, 2.75) is 56.7 Å². The van der Waals surface area contributed by atoms with Crippen molar-refractivity contribution in [3.63, 3.8) is 0 Å². The average molecular weight is 419 g/mol. The number of terminal acetylenes is 1. The summed E-state index contributed by atoms with van der Waals surface area (Å²) in [5, 5.41) is 12.9. The van der Waals surface area contributed by atoms with E-state index in [1.165, 1.54) is 12.5 Å². The Balaban J connectivity index is 1.33. The van der Waals surface area contributed by atoms with Gasteiger partial charge in [-0.05, 0) is 50.5 Å². The lowest BCUT2D eigenvalue weighted by molar-refractivity contribution is -0.134. The largest absolute Gasteiger partial charge is 0.461 e. The molecule has 160 valence electrons. The number of hydrogen-bond donors (Lipinski definition) is 2. The quantitative estimate of drug-likeness (QED) is 0.730. The Morgan fingerprint density at radius 3 is 2.81 bits per heavy atom. The summed E-state index contributed by atoms with van der Waals surface area (Å²) in [6.45, 7) is 0.603. The second kappa shape index (κ2) is 8.79. The number of aromatic nitrogens is 1. The lowest BCUT2D eigenvalue weighted by atomic mass is 9.81. The molecule has 31 heavy (non-hydrogen) atoms. The molecule has 1 saturated carbocycles. The third-order valence-corrected chi connectivity index (χ3v) is 6.43. The molecular weight excluding hydrogens is 394 g/mol. The van der Waals surface area contributed by atoms with E-state index < -0.39 is 6.04 Å². The van der Waals surface area contributed by atoms with Crippen LogP contribution in [0.15, 0.2) is 22.9 Å². The molecule has 2 amide bonds. The van der Waals surface area contributed by atoms with E-state index in [-0.39, 0.29) is 35.5 Å². The van der Waals surface area contributed by atoms with Crippen LogP contribution in [0.5, 0.6) is 0 Å². The van der Waals surface area contributed by atoms with Crippen LogP contribution in [0.1, 0.15) is 54.6 Å². The molecule has 0 radical (unpaired) electrons. The second-order valence-electron chi connectivity index (χ2n) is 8.29. The standard InChI is InChI=1S/C23H25N5O3/c1-2-14-13-31-20-12-26-19(10-18(14)20)22(29)27-16-7-5-15(6-8-16)21(25)23(30)28-9-3-4-17(28)11-24/h1,10,12-13,15-17,21H,3-9,25H2,(H,27,29)/t15-,16-,17-,21-/m0/s1. The summed E-state index contributed by atoms with van der Waals surface area (Å²) in [4.78, 5) is 31.2. The van der Waals surface area contributed by atoms with Gasteiger partial charge in [-0.15, -0.1) is 6.42 Å². The van der Waals surface area contributed by atoms with Gasteiger partial charge in [-0.1, -0.05) is 5.92 Å². The van der Waals surface area contributed by atoms with Crippen LogP contribution in [-0.2, 0) is 4.79 Å². The maximum atomic E-state index is 12.7. The van der Waals surface area contributed by atoms with E-state index in [9.17, 15) is 14.9 Å². The number of rotatable bonds is 4. The molecule has 1 saturated heterocycles. The molecule has 0 unspecified atom stereocenters. The number of furan rings is 1. The summed E-state index contributed by atoms with van der Waals surface area (Å²) in [6.07, 6.45) is 13.0. The highest BCUT2D eigenvalue weighted by Crippen LogP contribution is 2.29. The summed E-state index contributed by atoms with van der Waals surface area (Å²) >= 11 is 0. The van der Waals surface area contributed by atoms with Crippen LogP contribution in [0.4, 0.5) is 0 Å². The van der Waals surface area contributed by atoms with E-state index in [0.29, 0.717) is 23.1 Å². The summed E-state index contributed by atoms with van der Waals surface area (Å²) < 4.78 is 5.33. The molecular formula is C23H25N5O3. The normalized spacial score (nSPS) is 24.4. The molecule has 3 N–H and O–H groups in total. The maximum Gasteiger partial charge on any atom is 0.270 e. The Morgan fingerprint density at radius 1 is 1.32 bits per heavy atom. The minimum absolute atomic E-state index is 0.00125. The fourth-order valence-corrected chi connectivity index (χ4v) is 4.61. The molecule has 0 bridgehead atoms. The first-order chi connectivity index (χ1) is 15.0. The first-order valence-electron chi connectivity index (χ1n) is 10.6. The highest BCUT2D eigenvalue weighted by atomic mass is 16.3. The zero-order valence-corrected chi connectivity index (χ0v) is 17.2. The van der Waals surface area contributed by atoms with Gasteiger partial charge >= 0.3 is 0 Å². The van der Waals surface area contributed by atoms with Crippen LogP contribution in [0.2, 0.25) is 0 Å². The minimum Gasteiger partial charge on any atom is -0.461 e. The summed E-state index contributed by atoms with van der Waals surface area (Å²) in [6, 6.07) is 2.88. The maximum absolute atomic E-state index is 12.7. The molecule has 1 aliphatic heterocycles. The van der Waals surface area contributed by atoms with Crippen LogP contribution >= 0.6 is 0 Å². The van der Waals surface area contributed by atoms with Gasteiger partial charge in [0.2, 0.25) is 5.91 Å². The van der Waals surface area contributed by atoms with Gasteiger partial charge in [0.15, 0.2) is 5.58 Å². The van der Waals surface area contributed by atoms with Crippen molar-refractivity contribution in [3.8, 4) is 18.4 Å². The van der Waals surface area contributed by atoms with Crippen molar-refractivity contribution < 1.29 is 14.0 Å². The van der Waals surface area contributed by atoms with E-state index in [4.69, 9.17) is 16.6 Å². The van der Waals surface area contributed by atoms with Gasteiger partial charge in [-0.2, -0.15) is 5.26 Å². The van der Waals surface area contributed by atoms with Crippen molar-refractivity contribution in [2.24, 2.45) is 11.7 Å². The lowest BCUT2D eigenvalue weighted by Gasteiger charge is -2.34. The Kier molecular flexibility index (Phi) is 5.92. The van der Waals surface area contributed by atoms with Gasteiger partial charge in [0.25, 0.3) is 5.91 Å². The topological polar surface area (TPSA) is 125 Å². The van der Waals surface area contributed by atoms with E-state index in [1.54, 1.807) is 11.0 Å². The van der Waals surface area contributed by atoms with Crippen molar-refractivity contribution in [3.05, 3.63) is 29.8 Å². The number of pyridine rings is 1. The van der Waals surface area contributed by atoms with Crippen molar-refractivity contribution in [1.29, 1.82) is 5.26 Å². The smallest absolute Gasteiger partial charge is 0.270 e. The van der Waals surface area contributed by atoms with Gasteiger partial charge < -0.3 is 20.4 Å². The molecule has 2 aromatic rings. The first-order valence-corrected chi connectivity index (χ1v) is 10.6. The molecule has 4 rings (SSSR count). The summed E-state index contributed by atoms with van der Waals surface area (Å²) in [5.74, 6) is 2.20. The van der Waals surface area contributed by atoms with Gasteiger partial charge in [0.05, 0.1) is 23.9 Å². The van der Waals surface area contributed by atoms with Crippen LogP contribution < -0.4 is 11.1 Å². The number of nitriles is 1. The van der Waals surface area contributed by atoms with Crippen LogP contribution in [-0.4, -0.2) is 46.4 Å². The molecule has 0 aromatic carbocycles. The molecule has 2 aliphatic rings. The fourth-order valence-electron chi connectivity index (χ4n) is 4.61. The SMILES string of the molecule is C#Cc1coc2cnc(C(=O)N[C@H]3CC[C@H]([C@H](N)C(=O)N4CCC[C@H]4C#N)CC3)cc12. The number of hydrogen-bond acceptors (Lipinski definition) is 6. The molecule has 3 heterocycles. The van der Waals surface area contributed by atoms with Crippen LogP contribution in [0, 0.1) is 29.6 Å². The van der Waals surface area contributed by atoms with Gasteiger partial charge in [0, 0.05) is 18.0 Å². The molecule has 2 aromatic heterocycles. The number of carbonyl (C=O) groups is 2. The number of likely N-dealkylation sites (tertiary alicyclic amines) is 1. The number of nitrogens with zero attached hydrogens (tertiary/aromatic N) is 3. The molecule has 2 fully saturated rings. The average Bonchev–Trinajstić information content (AvgIpc) is 3.44. The Labute approximate surface area is 180 Å². The van der Waals surface area contributed by atoms with Crippen molar-refractivity contribution in [1.82, 2.24) is 15.2 Å². The number of amides is 2. The second-order valence-corrected chi connectivity index (χ2v) is 8.29. The third-order valence-electron chi connectivity index (χ3n) is 6.43. The minimum atomic E-state index is -0.599. The van der Waals surface area contributed by atoms with E-state index >= 15 is 0 Å². The summed E-state index contributed by atoms with van der Waals surface area (Å²) in [7, 11) is 0. The van der Waals surface area contributed by atoms with E-state index in [1.807, 2.05) is 0 Å². The Bertz CT molecular complexity index is 1070. The van der Waals surface area contributed by atoms with E-state index in [0.717, 1.165) is 38.5 Å². The summed E-state index contributed by atoms with van der Waals surface area (Å²) in [5.41, 5.74) is 7.69. The van der Waals surface area contributed by atoms with Crippen molar-refractivity contribution >= 4 is 22.8 Å². The predicted molar refractivity (Wildman–Crippen MR) is 113 cm³/mol. The van der Waals surface area contributed by atoms with Gasteiger partial charge in [-0.3, -0.25) is 9.59 Å². The van der Waals surface area contributed by atoms with E-state index in [2.05, 4.69) is 22.3 Å². The Hall–Kier alpha value is -3.36.